The van der Waals surface area contributed by atoms with Gasteiger partial charge in [0.1, 0.15) is 6.10 Å². The van der Waals surface area contributed by atoms with Gasteiger partial charge in [-0.2, -0.15) is 13.2 Å². The first kappa shape index (κ1) is 23.1. The van der Waals surface area contributed by atoms with Crippen molar-refractivity contribution in [2.75, 3.05) is 5.32 Å². The first-order valence-corrected chi connectivity index (χ1v) is 9.46. The van der Waals surface area contributed by atoms with Gasteiger partial charge in [-0.25, -0.2) is 8.78 Å². The number of nitrogens with zero attached hydrogens (tertiary/aromatic N) is 1. The van der Waals surface area contributed by atoms with Crippen LogP contribution in [0.3, 0.4) is 0 Å². The molecule has 5 nitrogen and oxygen atoms in total. The van der Waals surface area contributed by atoms with Crippen molar-refractivity contribution in [3.63, 3.8) is 0 Å². The van der Waals surface area contributed by atoms with E-state index in [0.717, 1.165) is 13.0 Å². The maximum Gasteiger partial charge on any atom is 0.417 e. The van der Waals surface area contributed by atoms with Crippen molar-refractivity contribution in [3.8, 4) is 0 Å². The molecule has 0 radical (unpaired) electrons. The third-order valence-corrected chi connectivity index (χ3v) is 5.92. The molecule has 1 aromatic carbocycles. The number of pyridine rings is 1. The number of aromatic nitrogens is 1. The third-order valence-electron chi connectivity index (χ3n) is 5.92. The number of carbonyl (C=O) groups is 1. The number of aliphatic hydroxyl groups excluding tert-OH is 1. The van der Waals surface area contributed by atoms with Crippen molar-refractivity contribution in [1.82, 2.24) is 4.98 Å². The van der Waals surface area contributed by atoms with Gasteiger partial charge >= 0.3 is 6.18 Å². The smallest absolute Gasteiger partial charge is 0.390 e. The fourth-order valence-corrected chi connectivity index (χ4v) is 3.86. The second-order valence-corrected chi connectivity index (χ2v) is 7.72. The van der Waals surface area contributed by atoms with E-state index >= 15 is 0 Å². The number of ether oxygens (including phenoxy) is 1. The molecule has 2 aromatic rings. The van der Waals surface area contributed by atoms with E-state index in [0.29, 0.717) is 5.69 Å². The zero-order chi connectivity index (χ0) is 23.1. The number of alkyl halides is 3. The molecule has 3 rings (SSSR count). The Morgan fingerprint density at radius 2 is 1.94 bits per heavy atom. The van der Waals surface area contributed by atoms with E-state index in [4.69, 9.17) is 9.84 Å². The van der Waals surface area contributed by atoms with Crippen molar-refractivity contribution >= 4 is 11.6 Å². The number of carbonyl (C=O) groups excluding carboxylic acids is 1. The molecule has 2 heterocycles. The van der Waals surface area contributed by atoms with Crippen LogP contribution in [0.15, 0.2) is 30.5 Å². The van der Waals surface area contributed by atoms with Crippen LogP contribution in [0.25, 0.3) is 0 Å². The monoisotopic (exact) mass is 444 g/mol. The average Bonchev–Trinajstić information content (AvgIpc) is 2.99. The van der Waals surface area contributed by atoms with Gasteiger partial charge < -0.3 is 15.2 Å². The van der Waals surface area contributed by atoms with Gasteiger partial charge in [-0.1, -0.05) is 13.0 Å². The first-order chi connectivity index (χ1) is 14.4. The lowest BCUT2D eigenvalue weighted by molar-refractivity contribution is -0.272. The Bertz CT molecular complexity index is 980. The molecule has 1 aliphatic rings. The van der Waals surface area contributed by atoms with E-state index in [9.17, 15) is 26.7 Å². The van der Waals surface area contributed by atoms with Gasteiger partial charge in [-0.05, 0) is 43.2 Å². The molecule has 1 aliphatic heterocycles. The number of rotatable bonds is 4. The Balaban J connectivity index is 2.02. The molecular formula is C21H21F5N2O3. The lowest BCUT2D eigenvalue weighted by Crippen LogP contribution is -2.47. The highest BCUT2D eigenvalue weighted by Gasteiger charge is 2.65. The van der Waals surface area contributed by atoms with E-state index in [-0.39, 0.29) is 23.4 Å². The number of nitrogens with one attached hydrogen (secondary N) is 1. The van der Waals surface area contributed by atoms with Crippen molar-refractivity contribution in [2.45, 2.75) is 51.2 Å². The summed E-state index contributed by atoms with van der Waals surface area (Å²) in [5.41, 5.74) is -2.29. The molecule has 0 spiro atoms. The van der Waals surface area contributed by atoms with Crippen LogP contribution in [-0.4, -0.2) is 33.9 Å². The summed E-state index contributed by atoms with van der Waals surface area (Å²) >= 11 is 0. The lowest BCUT2D eigenvalue weighted by Gasteiger charge is -2.32. The highest BCUT2D eigenvalue weighted by Crippen LogP contribution is 2.54. The zero-order valence-electron chi connectivity index (χ0n) is 16.9. The molecule has 168 valence electrons. The molecule has 0 aliphatic carbocycles. The summed E-state index contributed by atoms with van der Waals surface area (Å²) in [6.45, 7) is 3.03. The fourth-order valence-electron chi connectivity index (χ4n) is 3.86. The van der Waals surface area contributed by atoms with Crippen molar-refractivity contribution in [1.29, 1.82) is 0 Å². The largest absolute Gasteiger partial charge is 0.417 e. The van der Waals surface area contributed by atoms with Gasteiger partial charge in [-0.15, -0.1) is 0 Å². The molecule has 2 N–H and O–H groups in total. The summed E-state index contributed by atoms with van der Waals surface area (Å²) < 4.78 is 74.6. The van der Waals surface area contributed by atoms with Crippen LogP contribution in [0, 0.1) is 24.5 Å². The summed E-state index contributed by atoms with van der Waals surface area (Å²) in [6.07, 6.45) is -5.19. The molecular weight excluding hydrogens is 423 g/mol. The van der Waals surface area contributed by atoms with Gasteiger partial charge in [0.2, 0.25) is 0 Å². The lowest BCUT2D eigenvalue weighted by atomic mass is 9.76. The second kappa shape index (κ2) is 8.16. The SMILES string of the molecule is Cc1c([C@H]2[C@H](C(=O)Nc3ccc(CO)nc3)O[C@@](C)(C(F)(F)F)[C@H]2C)ccc(F)c1F. The normalized spacial score (nSPS) is 26.2. The summed E-state index contributed by atoms with van der Waals surface area (Å²) in [5, 5.41) is 11.5. The summed E-state index contributed by atoms with van der Waals surface area (Å²) in [5.74, 6) is -5.67. The van der Waals surface area contributed by atoms with Crippen LogP contribution in [0.5, 0.6) is 0 Å². The van der Waals surface area contributed by atoms with E-state index < -0.39 is 47.3 Å². The minimum Gasteiger partial charge on any atom is -0.390 e. The molecule has 1 amide bonds. The Morgan fingerprint density at radius 3 is 2.48 bits per heavy atom. The number of anilines is 1. The number of amides is 1. The van der Waals surface area contributed by atoms with E-state index in [1.807, 2.05) is 0 Å². The molecule has 1 fully saturated rings. The molecule has 0 saturated carbocycles. The number of aliphatic hydroxyl groups is 1. The predicted octanol–water partition coefficient (Wildman–Crippen LogP) is 4.24. The van der Waals surface area contributed by atoms with E-state index in [1.165, 1.54) is 38.2 Å². The van der Waals surface area contributed by atoms with Crippen LogP contribution in [0.1, 0.15) is 36.6 Å². The van der Waals surface area contributed by atoms with Gasteiger partial charge in [0, 0.05) is 11.8 Å². The highest BCUT2D eigenvalue weighted by molar-refractivity contribution is 5.95. The van der Waals surface area contributed by atoms with Crippen molar-refractivity contribution in [2.24, 2.45) is 5.92 Å². The van der Waals surface area contributed by atoms with Crippen LogP contribution in [0.2, 0.25) is 0 Å². The van der Waals surface area contributed by atoms with Gasteiger partial charge in [0.15, 0.2) is 17.2 Å². The maximum atomic E-state index is 14.2. The van der Waals surface area contributed by atoms with E-state index in [2.05, 4.69) is 10.3 Å². The standard InChI is InChI=1S/C21H21F5N2O3/c1-10-14(6-7-15(22)17(10)23)16-11(2)20(3,21(24,25)26)31-18(16)19(30)28-12-4-5-13(9-29)27-8-12/h4-8,11,16,18,29H,9H2,1-3H3,(H,28,30)/t11-,16-,18+,20+/m0/s1. The Labute approximate surface area is 175 Å². The number of hydrogen-bond donors (Lipinski definition) is 2. The molecule has 31 heavy (non-hydrogen) atoms. The maximum absolute atomic E-state index is 14.2. The van der Waals surface area contributed by atoms with Crippen LogP contribution >= 0.6 is 0 Å². The molecule has 10 heteroatoms. The molecule has 1 aromatic heterocycles. The third kappa shape index (κ3) is 4.01. The number of halogens is 5. The zero-order valence-corrected chi connectivity index (χ0v) is 16.9. The second-order valence-electron chi connectivity index (χ2n) is 7.72. The fraction of sp³-hybridized carbons (Fsp3) is 0.429. The molecule has 1 saturated heterocycles. The molecule has 4 atom stereocenters. The molecule has 0 unspecified atom stereocenters. The minimum absolute atomic E-state index is 0.0632. The minimum atomic E-state index is -4.81. The van der Waals surface area contributed by atoms with Gasteiger partial charge in [-0.3, -0.25) is 9.78 Å². The topological polar surface area (TPSA) is 71.5 Å². The van der Waals surface area contributed by atoms with Crippen LogP contribution < -0.4 is 5.32 Å². The van der Waals surface area contributed by atoms with Gasteiger partial charge in [0.25, 0.3) is 5.91 Å². The average molecular weight is 444 g/mol. The van der Waals surface area contributed by atoms with E-state index in [1.54, 1.807) is 0 Å². The first-order valence-electron chi connectivity index (χ1n) is 9.46. The summed E-state index contributed by atoms with van der Waals surface area (Å²) in [4.78, 5) is 16.8. The quantitative estimate of drug-likeness (QED) is 0.693. The number of hydrogen-bond acceptors (Lipinski definition) is 4. The van der Waals surface area contributed by atoms with Gasteiger partial charge in [0.05, 0.1) is 24.2 Å². The van der Waals surface area contributed by atoms with Crippen LogP contribution in [-0.2, 0) is 16.1 Å². The Morgan fingerprint density at radius 1 is 1.26 bits per heavy atom. The van der Waals surface area contributed by atoms with Crippen LogP contribution in [0.4, 0.5) is 27.6 Å². The van der Waals surface area contributed by atoms with Crippen molar-refractivity contribution < 1.29 is 36.6 Å². The highest BCUT2D eigenvalue weighted by atomic mass is 19.4. The van der Waals surface area contributed by atoms with Crippen molar-refractivity contribution in [3.05, 3.63) is 58.9 Å². The Kier molecular flexibility index (Phi) is 6.07. The molecule has 0 bridgehead atoms. The number of benzene rings is 1. The summed E-state index contributed by atoms with van der Waals surface area (Å²) in [7, 11) is 0. The predicted molar refractivity (Wildman–Crippen MR) is 101 cm³/mol. The Hall–Kier alpha value is -2.59. The summed E-state index contributed by atoms with van der Waals surface area (Å²) in [6, 6.07) is 4.86.